The Morgan fingerprint density at radius 2 is 2.05 bits per heavy atom. The molecule has 0 aliphatic rings. The van der Waals surface area contributed by atoms with Crippen molar-refractivity contribution in [3.63, 3.8) is 0 Å². The molecular formula is C14H15N3O2. The largest absolute Gasteiger partial charge is 0.478 e. The number of aryl methyl sites for hydroxylation is 2. The number of hydrogen-bond donors (Lipinski definition) is 2. The third-order valence-corrected chi connectivity index (χ3v) is 2.64. The van der Waals surface area contributed by atoms with Crippen molar-refractivity contribution in [2.75, 3.05) is 5.32 Å². The fraction of sp³-hybridized carbons (Fsp3) is 0.214. The summed E-state index contributed by atoms with van der Waals surface area (Å²) >= 11 is 0. The lowest BCUT2D eigenvalue weighted by Gasteiger charge is -2.10. The van der Waals surface area contributed by atoms with Crippen molar-refractivity contribution < 1.29 is 9.90 Å². The number of benzene rings is 1. The van der Waals surface area contributed by atoms with E-state index in [0.29, 0.717) is 11.5 Å². The number of hydrogen-bond acceptors (Lipinski definition) is 4. The number of carboxylic acid groups (broad SMARTS) is 1. The molecule has 1 aromatic carbocycles. The topological polar surface area (TPSA) is 75.1 Å². The van der Waals surface area contributed by atoms with Crippen molar-refractivity contribution >= 4 is 17.5 Å². The molecule has 98 valence electrons. The molecule has 0 bridgehead atoms. The van der Waals surface area contributed by atoms with E-state index >= 15 is 0 Å². The molecule has 0 spiro atoms. The summed E-state index contributed by atoms with van der Waals surface area (Å²) in [5.41, 5.74) is 1.59. The standard InChI is InChI=1S/C14H15N3O2/c1-3-12-15-9(2)8-13(17-12)16-11-7-5-4-6-10(11)14(18)19/h4-8H,3H2,1-2H3,(H,18,19)(H,15,16,17). The second-order valence-corrected chi connectivity index (χ2v) is 4.14. The Hall–Kier alpha value is -2.43. The first-order valence-corrected chi connectivity index (χ1v) is 6.04. The number of nitrogens with zero attached hydrogens (tertiary/aromatic N) is 2. The van der Waals surface area contributed by atoms with Crippen LogP contribution in [0.25, 0.3) is 0 Å². The molecule has 2 rings (SSSR count). The van der Waals surface area contributed by atoms with E-state index in [4.69, 9.17) is 5.11 Å². The summed E-state index contributed by atoms with van der Waals surface area (Å²) in [5, 5.41) is 12.2. The Morgan fingerprint density at radius 3 is 2.74 bits per heavy atom. The van der Waals surface area contributed by atoms with E-state index in [1.807, 2.05) is 13.8 Å². The summed E-state index contributed by atoms with van der Waals surface area (Å²) in [7, 11) is 0. The number of carbonyl (C=O) groups is 1. The molecular weight excluding hydrogens is 242 g/mol. The van der Waals surface area contributed by atoms with Gasteiger partial charge in [-0.3, -0.25) is 0 Å². The molecule has 19 heavy (non-hydrogen) atoms. The molecule has 5 nitrogen and oxygen atoms in total. The normalized spacial score (nSPS) is 10.2. The van der Waals surface area contributed by atoms with Gasteiger partial charge in [-0.2, -0.15) is 0 Å². The SMILES string of the molecule is CCc1nc(C)cc(Nc2ccccc2C(=O)O)n1. The van der Waals surface area contributed by atoms with E-state index in [2.05, 4.69) is 15.3 Å². The van der Waals surface area contributed by atoms with Crippen LogP contribution < -0.4 is 5.32 Å². The zero-order valence-electron chi connectivity index (χ0n) is 10.8. The predicted octanol–water partition coefficient (Wildman–Crippen LogP) is 2.79. The lowest BCUT2D eigenvalue weighted by molar-refractivity contribution is 0.0698. The van der Waals surface area contributed by atoms with E-state index in [1.54, 1.807) is 30.3 Å². The summed E-state index contributed by atoms with van der Waals surface area (Å²) in [5.74, 6) is 0.373. The molecule has 0 unspecified atom stereocenters. The van der Waals surface area contributed by atoms with Crippen LogP contribution in [0.15, 0.2) is 30.3 Å². The van der Waals surface area contributed by atoms with Gasteiger partial charge in [0, 0.05) is 18.2 Å². The molecule has 0 amide bonds. The highest BCUT2D eigenvalue weighted by atomic mass is 16.4. The number of aromatic carboxylic acids is 1. The maximum atomic E-state index is 11.1. The molecule has 0 saturated heterocycles. The first-order valence-electron chi connectivity index (χ1n) is 6.04. The second kappa shape index (κ2) is 5.48. The van der Waals surface area contributed by atoms with Crippen LogP contribution in [0.3, 0.4) is 0 Å². The van der Waals surface area contributed by atoms with E-state index in [1.165, 1.54) is 0 Å². The van der Waals surface area contributed by atoms with Crippen LogP contribution in [-0.4, -0.2) is 21.0 Å². The zero-order valence-corrected chi connectivity index (χ0v) is 10.8. The number of rotatable bonds is 4. The molecule has 2 N–H and O–H groups in total. The van der Waals surface area contributed by atoms with Gasteiger partial charge in [-0.05, 0) is 19.1 Å². The van der Waals surface area contributed by atoms with Gasteiger partial charge in [0.1, 0.15) is 11.6 Å². The monoisotopic (exact) mass is 257 g/mol. The van der Waals surface area contributed by atoms with Gasteiger partial charge in [-0.25, -0.2) is 14.8 Å². The van der Waals surface area contributed by atoms with E-state index < -0.39 is 5.97 Å². The van der Waals surface area contributed by atoms with Gasteiger partial charge in [0.15, 0.2) is 0 Å². The van der Waals surface area contributed by atoms with Crippen LogP contribution in [0.5, 0.6) is 0 Å². The molecule has 0 fully saturated rings. The Kier molecular flexibility index (Phi) is 3.75. The van der Waals surface area contributed by atoms with E-state index in [9.17, 15) is 4.79 Å². The minimum Gasteiger partial charge on any atom is -0.478 e. The van der Waals surface area contributed by atoms with Crippen LogP contribution in [0.1, 0.15) is 28.8 Å². The van der Waals surface area contributed by atoms with Crippen molar-refractivity contribution in [2.45, 2.75) is 20.3 Å². The molecule has 0 saturated carbocycles. The molecule has 0 atom stereocenters. The molecule has 0 aliphatic heterocycles. The quantitative estimate of drug-likeness (QED) is 0.880. The maximum Gasteiger partial charge on any atom is 0.337 e. The number of anilines is 2. The number of carboxylic acids is 1. The Balaban J connectivity index is 2.36. The van der Waals surface area contributed by atoms with E-state index in [-0.39, 0.29) is 5.56 Å². The average molecular weight is 257 g/mol. The lowest BCUT2D eigenvalue weighted by Crippen LogP contribution is -2.05. The lowest BCUT2D eigenvalue weighted by atomic mass is 10.2. The predicted molar refractivity (Wildman–Crippen MR) is 72.8 cm³/mol. The minimum atomic E-state index is -0.968. The van der Waals surface area contributed by atoms with Crippen LogP contribution in [0, 0.1) is 6.92 Å². The Morgan fingerprint density at radius 1 is 1.32 bits per heavy atom. The van der Waals surface area contributed by atoms with E-state index in [0.717, 1.165) is 17.9 Å². The fourth-order valence-corrected chi connectivity index (χ4v) is 1.77. The fourth-order valence-electron chi connectivity index (χ4n) is 1.77. The highest BCUT2D eigenvalue weighted by molar-refractivity contribution is 5.94. The molecule has 0 aliphatic carbocycles. The number of para-hydroxylation sites is 1. The van der Waals surface area contributed by atoms with Gasteiger partial charge >= 0.3 is 5.97 Å². The first kappa shape index (κ1) is 13.0. The smallest absolute Gasteiger partial charge is 0.337 e. The average Bonchev–Trinajstić information content (AvgIpc) is 2.38. The third kappa shape index (κ3) is 3.07. The van der Waals surface area contributed by atoms with Gasteiger partial charge in [0.2, 0.25) is 0 Å². The van der Waals surface area contributed by atoms with Gasteiger partial charge in [-0.15, -0.1) is 0 Å². The number of nitrogens with one attached hydrogen (secondary N) is 1. The Labute approximate surface area is 111 Å². The molecule has 1 heterocycles. The first-order chi connectivity index (χ1) is 9.10. The molecule has 1 aromatic heterocycles. The van der Waals surface area contributed by atoms with Gasteiger partial charge in [0.25, 0.3) is 0 Å². The summed E-state index contributed by atoms with van der Waals surface area (Å²) in [4.78, 5) is 19.7. The van der Waals surface area contributed by atoms with Crippen molar-refractivity contribution in [3.05, 3.63) is 47.4 Å². The maximum absolute atomic E-state index is 11.1. The van der Waals surface area contributed by atoms with Crippen LogP contribution in [0.2, 0.25) is 0 Å². The Bertz CT molecular complexity index is 611. The van der Waals surface area contributed by atoms with Crippen molar-refractivity contribution in [3.8, 4) is 0 Å². The third-order valence-electron chi connectivity index (χ3n) is 2.64. The van der Waals surface area contributed by atoms with Gasteiger partial charge < -0.3 is 10.4 Å². The summed E-state index contributed by atoms with van der Waals surface area (Å²) in [6.45, 7) is 3.86. The highest BCUT2D eigenvalue weighted by Gasteiger charge is 2.10. The molecule has 5 heteroatoms. The summed E-state index contributed by atoms with van der Waals surface area (Å²) < 4.78 is 0. The van der Waals surface area contributed by atoms with Gasteiger partial charge in [-0.1, -0.05) is 19.1 Å². The minimum absolute atomic E-state index is 0.219. The van der Waals surface area contributed by atoms with Crippen molar-refractivity contribution in [1.82, 2.24) is 9.97 Å². The highest BCUT2D eigenvalue weighted by Crippen LogP contribution is 2.20. The second-order valence-electron chi connectivity index (χ2n) is 4.14. The van der Waals surface area contributed by atoms with Crippen molar-refractivity contribution in [2.24, 2.45) is 0 Å². The molecule has 2 aromatic rings. The van der Waals surface area contributed by atoms with Crippen LogP contribution >= 0.6 is 0 Å². The molecule has 0 radical (unpaired) electrons. The zero-order chi connectivity index (χ0) is 13.8. The summed E-state index contributed by atoms with van der Waals surface area (Å²) in [6, 6.07) is 8.53. The van der Waals surface area contributed by atoms with Crippen molar-refractivity contribution in [1.29, 1.82) is 0 Å². The van der Waals surface area contributed by atoms with Crippen LogP contribution in [0.4, 0.5) is 11.5 Å². The van der Waals surface area contributed by atoms with Gasteiger partial charge in [0.05, 0.1) is 11.3 Å². The van der Waals surface area contributed by atoms with Crippen LogP contribution in [-0.2, 0) is 6.42 Å². The number of aromatic nitrogens is 2. The summed E-state index contributed by atoms with van der Waals surface area (Å²) in [6.07, 6.45) is 0.733.